The van der Waals surface area contributed by atoms with Crippen molar-refractivity contribution in [2.24, 2.45) is 0 Å². The van der Waals surface area contributed by atoms with Crippen molar-refractivity contribution in [3.63, 3.8) is 0 Å². The maximum absolute atomic E-state index is 12.3. The lowest BCUT2D eigenvalue weighted by Gasteiger charge is -2.35. The molecule has 4 heteroatoms. The highest BCUT2D eigenvalue weighted by Crippen LogP contribution is 2.19. The van der Waals surface area contributed by atoms with E-state index in [2.05, 4.69) is 36.1 Å². The van der Waals surface area contributed by atoms with Crippen LogP contribution in [0.5, 0.6) is 0 Å². The molecule has 2 aromatic carbocycles. The van der Waals surface area contributed by atoms with E-state index in [1.807, 2.05) is 42.5 Å². The van der Waals surface area contributed by atoms with Gasteiger partial charge in [-0.2, -0.15) is 0 Å². The van der Waals surface area contributed by atoms with Crippen LogP contribution in [0.15, 0.2) is 89.9 Å². The number of rotatable bonds is 10. The first kappa shape index (κ1) is 21.0. The first-order valence-corrected chi connectivity index (χ1v) is 10.3. The third-order valence-corrected chi connectivity index (χ3v) is 5.24. The summed E-state index contributed by atoms with van der Waals surface area (Å²) in [6, 6.07) is 25.6. The van der Waals surface area contributed by atoms with Crippen molar-refractivity contribution in [3.8, 4) is 0 Å². The Morgan fingerprint density at radius 2 is 1.41 bits per heavy atom. The Balaban J connectivity index is 1.93. The molecule has 29 heavy (non-hydrogen) atoms. The van der Waals surface area contributed by atoms with Crippen molar-refractivity contribution in [2.75, 3.05) is 0 Å². The van der Waals surface area contributed by atoms with Crippen LogP contribution in [0, 0.1) is 0 Å². The van der Waals surface area contributed by atoms with Gasteiger partial charge in [0.25, 0.3) is 5.56 Å². The van der Waals surface area contributed by atoms with Crippen molar-refractivity contribution in [3.05, 3.63) is 107 Å². The van der Waals surface area contributed by atoms with Crippen LogP contribution in [0.4, 0.5) is 0 Å². The second kappa shape index (κ2) is 10.7. The van der Waals surface area contributed by atoms with E-state index < -0.39 is 6.10 Å². The van der Waals surface area contributed by atoms with Crippen LogP contribution < -0.4 is 5.56 Å². The summed E-state index contributed by atoms with van der Waals surface area (Å²) in [6.07, 6.45) is 2.88. The summed E-state index contributed by atoms with van der Waals surface area (Å²) in [5.41, 5.74) is 2.34. The van der Waals surface area contributed by atoms with Crippen LogP contribution in [-0.2, 0) is 19.6 Å². The molecule has 3 aromatic rings. The van der Waals surface area contributed by atoms with E-state index in [0.717, 1.165) is 6.42 Å². The summed E-state index contributed by atoms with van der Waals surface area (Å²) in [6.45, 7) is 3.96. The standard InChI is InChI=1S/C25H30N2O2/c1-2-11-24(28)23(20-26-17-10-9-16-25(26)29)27(18-21-12-5-3-6-13-21)19-22-14-7-4-8-15-22/h3-10,12-17,23-24,28H,2,11,18-20H2,1H3/t23-,24+/m1/s1. The molecule has 0 aliphatic rings. The fraction of sp³-hybridized carbons (Fsp3) is 0.320. The number of hydrogen-bond acceptors (Lipinski definition) is 3. The highest BCUT2D eigenvalue weighted by molar-refractivity contribution is 5.17. The van der Waals surface area contributed by atoms with E-state index in [4.69, 9.17) is 0 Å². The largest absolute Gasteiger partial charge is 0.391 e. The van der Waals surface area contributed by atoms with E-state index >= 15 is 0 Å². The van der Waals surface area contributed by atoms with Gasteiger partial charge in [-0.15, -0.1) is 0 Å². The Kier molecular flexibility index (Phi) is 7.79. The lowest BCUT2D eigenvalue weighted by atomic mass is 10.0. The predicted molar refractivity (Wildman–Crippen MR) is 118 cm³/mol. The quantitative estimate of drug-likeness (QED) is 0.567. The highest BCUT2D eigenvalue weighted by Gasteiger charge is 2.27. The van der Waals surface area contributed by atoms with Crippen LogP contribution in [0.1, 0.15) is 30.9 Å². The maximum atomic E-state index is 12.3. The molecule has 0 saturated heterocycles. The Morgan fingerprint density at radius 1 is 0.862 bits per heavy atom. The Morgan fingerprint density at radius 3 is 1.93 bits per heavy atom. The minimum atomic E-state index is -0.514. The Labute approximate surface area is 173 Å². The molecule has 0 bridgehead atoms. The molecule has 4 nitrogen and oxygen atoms in total. The van der Waals surface area contributed by atoms with E-state index in [0.29, 0.717) is 26.1 Å². The van der Waals surface area contributed by atoms with Crippen molar-refractivity contribution in [1.29, 1.82) is 0 Å². The molecule has 1 N–H and O–H groups in total. The summed E-state index contributed by atoms with van der Waals surface area (Å²) >= 11 is 0. The van der Waals surface area contributed by atoms with Gasteiger partial charge in [0.1, 0.15) is 0 Å². The van der Waals surface area contributed by atoms with Gasteiger partial charge in [0.2, 0.25) is 0 Å². The molecule has 0 aliphatic carbocycles. The summed E-state index contributed by atoms with van der Waals surface area (Å²) in [7, 11) is 0. The van der Waals surface area contributed by atoms with Crippen molar-refractivity contribution < 1.29 is 5.11 Å². The second-order valence-electron chi connectivity index (χ2n) is 7.49. The van der Waals surface area contributed by atoms with Crippen LogP contribution in [0.3, 0.4) is 0 Å². The molecule has 0 aliphatic heterocycles. The zero-order valence-electron chi connectivity index (χ0n) is 17.0. The summed E-state index contributed by atoms with van der Waals surface area (Å²) < 4.78 is 1.70. The van der Waals surface area contributed by atoms with Gasteiger partial charge >= 0.3 is 0 Å². The zero-order chi connectivity index (χ0) is 20.5. The number of hydrogen-bond donors (Lipinski definition) is 1. The van der Waals surface area contributed by atoms with E-state index in [9.17, 15) is 9.90 Å². The summed E-state index contributed by atoms with van der Waals surface area (Å²) in [4.78, 5) is 14.6. The average Bonchev–Trinajstić information content (AvgIpc) is 2.74. The maximum Gasteiger partial charge on any atom is 0.250 e. The predicted octanol–water partition coefficient (Wildman–Crippen LogP) is 4.08. The van der Waals surface area contributed by atoms with Crippen molar-refractivity contribution in [2.45, 2.75) is 51.5 Å². The molecule has 1 heterocycles. The normalized spacial score (nSPS) is 13.3. The SMILES string of the molecule is CCC[C@H](O)[C@@H](Cn1ccccc1=O)N(Cc1ccccc1)Cc1ccccc1. The van der Waals surface area contributed by atoms with Crippen LogP contribution in [0.2, 0.25) is 0 Å². The number of aliphatic hydroxyl groups excluding tert-OH is 1. The lowest BCUT2D eigenvalue weighted by Crippen LogP contribution is -2.47. The van der Waals surface area contributed by atoms with Gasteiger partial charge in [0.05, 0.1) is 12.1 Å². The number of aliphatic hydroxyl groups is 1. The highest BCUT2D eigenvalue weighted by atomic mass is 16.3. The molecule has 152 valence electrons. The minimum absolute atomic E-state index is 0.0411. The van der Waals surface area contributed by atoms with Gasteiger partial charge in [-0.25, -0.2) is 0 Å². The number of nitrogens with zero attached hydrogens (tertiary/aromatic N) is 2. The van der Waals surface area contributed by atoms with E-state index in [1.54, 1.807) is 22.9 Å². The molecule has 2 atom stereocenters. The fourth-order valence-corrected chi connectivity index (χ4v) is 3.71. The number of benzene rings is 2. The zero-order valence-corrected chi connectivity index (χ0v) is 17.0. The Hall–Kier alpha value is -2.69. The third-order valence-electron chi connectivity index (χ3n) is 5.24. The van der Waals surface area contributed by atoms with Gasteiger partial charge in [0, 0.05) is 31.9 Å². The van der Waals surface area contributed by atoms with Gasteiger partial charge in [-0.3, -0.25) is 9.69 Å². The second-order valence-corrected chi connectivity index (χ2v) is 7.49. The molecule has 0 saturated carbocycles. The Bertz CT molecular complexity index is 867. The van der Waals surface area contributed by atoms with Crippen molar-refractivity contribution >= 4 is 0 Å². The van der Waals surface area contributed by atoms with Gasteiger partial charge < -0.3 is 9.67 Å². The first-order chi connectivity index (χ1) is 14.2. The molecule has 0 fully saturated rings. The monoisotopic (exact) mass is 390 g/mol. The molecule has 0 amide bonds. The third kappa shape index (κ3) is 6.14. The van der Waals surface area contributed by atoms with Crippen LogP contribution in [-0.4, -0.2) is 26.7 Å². The molecular formula is C25H30N2O2. The van der Waals surface area contributed by atoms with Crippen molar-refractivity contribution in [1.82, 2.24) is 9.47 Å². The smallest absolute Gasteiger partial charge is 0.250 e. The van der Waals surface area contributed by atoms with Gasteiger partial charge in [-0.05, 0) is 23.6 Å². The first-order valence-electron chi connectivity index (χ1n) is 10.3. The van der Waals surface area contributed by atoms with Crippen LogP contribution >= 0.6 is 0 Å². The van der Waals surface area contributed by atoms with Gasteiger partial charge in [-0.1, -0.05) is 80.1 Å². The lowest BCUT2D eigenvalue weighted by molar-refractivity contribution is 0.0239. The summed E-state index contributed by atoms with van der Waals surface area (Å²) in [5.74, 6) is 0. The molecule has 1 aromatic heterocycles. The van der Waals surface area contributed by atoms with E-state index in [-0.39, 0.29) is 11.6 Å². The number of aromatic nitrogens is 1. The van der Waals surface area contributed by atoms with E-state index in [1.165, 1.54) is 11.1 Å². The fourth-order valence-electron chi connectivity index (χ4n) is 3.71. The molecular weight excluding hydrogens is 360 g/mol. The van der Waals surface area contributed by atoms with Gasteiger partial charge in [0.15, 0.2) is 0 Å². The average molecular weight is 391 g/mol. The molecule has 0 unspecified atom stereocenters. The molecule has 3 rings (SSSR count). The summed E-state index contributed by atoms with van der Waals surface area (Å²) in [5, 5.41) is 11.0. The minimum Gasteiger partial charge on any atom is -0.391 e. The topological polar surface area (TPSA) is 45.5 Å². The van der Waals surface area contributed by atoms with Crippen LogP contribution in [0.25, 0.3) is 0 Å². The molecule has 0 spiro atoms. The molecule has 0 radical (unpaired) electrons. The number of pyridine rings is 1.